The first-order valence-electron chi connectivity index (χ1n) is 10.9. The highest BCUT2D eigenvalue weighted by Crippen LogP contribution is 2.25. The summed E-state index contributed by atoms with van der Waals surface area (Å²) in [5.74, 6) is -1.57. The summed E-state index contributed by atoms with van der Waals surface area (Å²) < 4.78 is 36.3. The maximum atomic E-state index is 13.1. The van der Waals surface area contributed by atoms with Crippen LogP contribution in [0.15, 0.2) is 54.6 Å². The van der Waals surface area contributed by atoms with Gasteiger partial charge in [-0.05, 0) is 75.4 Å². The Morgan fingerprint density at radius 1 is 1.06 bits per heavy atom. The number of nitriles is 1. The summed E-state index contributed by atoms with van der Waals surface area (Å²) in [7, 11) is 0. The minimum absolute atomic E-state index is 0.0191. The molecule has 8 nitrogen and oxygen atoms in total. The number of carbonyl (C=O) groups is 3. The number of nitrogens with one attached hydrogen (secondary N) is 1. The van der Waals surface area contributed by atoms with Crippen LogP contribution in [0.4, 0.5) is 14.5 Å². The first-order chi connectivity index (χ1) is 17.1. The van der Waals surface area contributed by atoms with Gasteiger partial charge in [-0.2, -0.15) is 14.0 Å². The number of aromatic nitrogens is 1. The number of nitrogens with zero attached hydrogens (tertiary/aromatic N) is 2. The molecule has 1 amide bonds. The van der Waals surface area contributed by atoms with E-state index in [1.54, 1.807) is 42.7 Å². The van der Waals surface area contributed by atoms with E-state index in [9.17, 15) is 23.2 Å². The van der Waals surface area contributed by atoms with Crippen LogP contribution in [-0.4, -0.2) is 34.9 Å². The number of esters is 1. The second kappa shape index (κ2) is 11.3. The lowest BCUT2D eigenvalue weighted by atomic mass is 10.1. The van der Waals surface area contributed by atoms with Gasteiger partial charge in [0.05, 0.1) is 11.6 Å². The molecule has 0 saturated heterocycles. The van der Waals surface area contributed by atoms with Crippen molar-refractivity contribution in [1.29, 1.82) is 5.26 Å². The van der Waals surface area contributed by atoms with Gasteiger partial charge < -0.3 is 19.4 Å². The molecule has 0 aliphatic heterocycles. The maximum absolute atomic E-state index is 13.1. The number of rotatable bonds is 9. The van der Waals surface area contributed by atoms with Crippen LogP contribution in [0.5, 0.6) is 5.75 Å². The molecule has 0 aliphatic rings. The molecular weight excluding hydrogens is 472 g/mol. The number of benzene rings is 2. The lowest BCUT2D eigenvalue weighted by Gasteiger charge is -2.14. The maximum Gasteiger partial charge on any atom is 0.387 e. The van der Waals surface area contributed by atoms with E-state index in [4.69, 9.17) is 10.00 Å². The average Bonchev–Trinajstić information content (AvgIpc) is 3.13. The van der Waals surface area contributed by atoms with Gasteiger partial charge >= 0.3 is 12.6 Å². The number of amides is 1. The smallest absolute Gasteiger partial charge is 0.387 e. The Balaban J connectivity index is 1.70. The number of carbonyl (C=O) groups excluding carboxylic acids is 3. The molecule has 1 aromatic heterocycles. The number of hydrogen-bond acceptors (Lipinski definition) is 6. The van der Waals surface area contributed by atoms with E-state index < -0.39 is 30.4 Å². The summed E-state index contributed by atoms with van der Waals surface area (Å²) in [6.45, 7) is 2.07. The highest BCUT2D eigenvalue weighted by atomic mass is 19.3. The zero-order valence-corrected chi connectivity index (χ0v) is 19.7. The highest BCUT2D eigenvalue weighted by molar-refractivity contribution is 6.02. The van der Waals surface area contributed by atoms with Gasteiger partial charge in [-0.25, -0.2) is 4.79 Å². The Kier molecular flexibility index (Phi) is 8.17. The summed E-state index contributed by atoms with van der Waals surface area (Å²) >= 11 is 0. The highest BCUT2D eigenvalue weighted by Gasteiger charge is 2.25. The van der Waals surface area contributed by atoms with Gasteiger partial charge in [-0.15, -0.1) is 0 Å². The van der Waals surface area contributed by atoms with E-state index in [0.29, 0.717) is 22.6 Å². The van der Waals surface area contributed by atoms with E-state index >= 15 is 0 Å². The van der Waals surface area contributed by atoms with E-state index in [2.05, 4.69) is 10.1 Å². The van der Waals surface area contributed by atoms with Crippen molar-refractivity contribution in [2.45, 2.75) is 39.9 Å². The number of alkyl halides is 2. The average molecular weight is 495 g/mol. The van der Waals surface area contributed by atoms with Crippen LogP contribution in [0, 0.1) is 25.2 Å². The van der Waals surface area contributed by atoms with Gasteiger partial charge in [-0.3, -0.25) is 9.59 Å². The fourth-order valence-electron chi connectivity index (χ4n) is 3.65. The molecule has 1 atom stereocenters. The molecule has 0 aliphatic carbocycles. The summed E-state index contributed by atoms with van der Waals surface area (Å²) in [6, 6.07) is 15.3. The largest absolute Gasteiger partial charge is 0.451 e. The minimum Gasteiger partial charge on any atom is -0.451 e. The van der Waals surface area contributed by atoms with Crippen molar-refractivity contribution in [3.05, 3.63) is 77.1 Å². The zero-order valence-electron chi connectivity index (χ0n) is 19.7. The molecule has 1 heterocycles. The van der Waals surface area contributed by atoms with Gasteiger partial charge in [0.15, 0.2) is 6.10 Å². The van der Waals surface area contributed by atoms with Crippen molar-refractivity contribution in [2.24, 2.45) is 0 Å². The van der Waals surface area contributed by atoms with Crippen LogP contribution in [0.25, 0.3) is 5.69 Å². The quantitative estimate of drug-likeness (QED) is 0.331. The van der Waals surface area contributed by atoms with Crippen molar-refractivity contribution in [1.82, 2.24) is 4.57 Å². The topological polar surface area (TPSA) is 110 Å². The predicted molar refractivity (Wildman–Crippen MR) is 126 cm³/mol. The Labute approximate surface area is 206 Å². The summed E-state index contributed by atoms with van der Waals surface area (Å²) in [5, 5.41) is 11.1. The van der Waals surface area contributed by atoms with Crippen molar-refractivity contribution in [2.75, 3.05) is 5.32 Å². The minimum atomic E-state index is -2.92. The Morgan fingerprint density at radius 3 is 2.28 bits per heavy atom. The molecule has 1 N–H and O–H groups in total. The summed E-state index contributed by atoms with van der Waals surface area (Å²) in [6.07, 6.45) is -1.37. The van der Waals surface area contributed by atoms with Crippen LogP contribution >= 0.6 is 0 Å². The van der Waals surface area contributed by atoms with Crippen LogP contribution in [0.1, 0.15) is 45.4 Å². The molecular formula is C26H23F2N3O5. The normalized spacial score (nSPS) is 11.5. The third kappa shape index (κ3) is 6.13. The van der Waals surface area contributed by atoms with Gasteiger partial charge in [0, 0.05) is 28.3 Å². The third-order valence-corrected chi connectivity index (χ3v) is 5.31. The molecule has 0 fully saturated rings. The first-order valence-corrected chi connectivity index (χ1v) is 10.9. The molecule has 0 spiro atoms. The SMILES string of the molecule is Cc1cc(C(=O)[C@H](C)OC(=O)c2ccc(NC(=O)CC#N)cc2)c(C)n1-c1ccc(OC(F)F)cc1. The number of ether oxygens (including phenoxy) is 2. The van der Waals surface area contributed by atoms with Gasteiger partial charge in [0.25, 0.3) is 0 Å². The lowest BCUT2D eigenvalue weighted by Crippen LogP contribution is -2.25. The molecule has 186 valence electrons. The number of ketones is 1. The molecule has 3 rings (SSSR count). The molecule has 10 heteroatoms. The second-order valence-electron chi connectivity index (χ2n) is 7.86. The van der Waals surface area contributed by atoms with Crippen LogP contribution < -0.4 is 10.1 Å². The number of hydrogen-bond donors (Lipinski definition) is 1. The zero-order chi connectivity index (χ0) is 26.4. The van der Waals surface area contributed by atoms with Crippen LogP contribution in [0.2, 0.25) is 0 Å². The summed E-state index contributed by atoms with van der Waals surface area (Å²) in [5.41, 5.74) is 2.93. The van der Waals surface area contributed by atoms with Gasteiger partial charge in [-0.1, -0.05) is 0 Å². The lowest BCUT2D eigenvalue weighted by molar-refractivity contribution is -0.115. The monoisotopic (exact) mass is 495 g/mol. The van der Waals surface area contributed by atoms with Gasteiger partial charge in [0.2, 0.25) is 11.7 Å². The molecule has 0 unspecified atom stereocenters. The predicted octanol–water partition coefficient (Wildman–Crippen LogP) is 4.98. The molecule has 0 saturated carbocycles. The standard InChI is InChI=1S/C26H23F2N3O5/c1-15-14-22(16(2)31(15)20-8-10-21(11-9-20)36-26(27)28)24(33)17(3)35-25(34)18-4-6-19(7-5-18)30-23(32)12-13-29/h4-11,14,17,26H,12H2,1-3H3,(H,30,32)/t17-/m0/s1. The fourth-order valence-corrected chi connectivity index (χ4v) is 3.65. The van der Waals surface area contributed by atoms with Crippen molar-refractivity contribution in [3.63, 3.8) is 0 Å². The fraction of sp³-hybridized carbons (Fsp3) is 0.231. The summed E-state index contributed by atoms with van der Waals surface area (Å²) in [4.78, 5) is 37.1. The number of anilines is 1. The first kappa shape index (κ1) is 26.1. The Hall–Kier alpha value is -4.52. The van der Waals surface area contributed by atoms with Crippen molar-refractivity contribution < 1.29 is 32.6 Å². The van der Waals surface area contributed by atoms with Crippen LogP contribution in [-0.2, 0) is 9.53 Å². The third-order valence-electron chi connectivity index (χ3n) is 5.31. The number of Topliss-reactive ketones (excluding diaryl/α,β-unsaturated/α-hetero) is 1. The molecule has 3 aromatic rings. The second-order valence-corrected chi connectivity index (χ2v) is 7.86. The van der Waals surface area contributed by atoms with E-state index in [-0.39, 0.29) is 17.7 Å². The van der Waals surface area contributed by atoms with Crippen molar-refractivity contribution >= 4 is 23.3 Å². The number of aryl methyl sites for hydroxylation is 1. The van der Waals surface area contributed by atoms with Gasteiger partial charge in [0.1, 0.15) is 12.2 Å². The molecule has 2 aromatic carbocycles. The Morgan fingerprint density at radius 2 is 1.69 bits per heavy atom. The Bertz CT molecular complexity index is 1310. The van der Waals surface area contributed by atoms with E-state index in [0.717, 1.165) is 5.69 Å². The van der Waals surface area contributed by atoms with E-state index in [1.165, 1.54) is 43.3 Å². The van der Waals surface area contributed by atoms with Crippen LogP contribution in [0.3, 0.4) is 0 Å². The van der Waals surface area contributed by atoms with E-state index in [1.807, 2.05) is 0 Å². The van der Waals surface area contributed by atoms with Crippen molar-refractivity contribution in [3.8, 4) is 17.5 Å². The molecule has 36 heavy (non-hydrogen) atoms. The molecule has 0 bridgehead atoms. The number of halogens is 2. The molecule has 0 radical (unpaired) electrons.